The SMILES string of the molecule is Oc1c(Cl)cc(Cl)cc1C=Nc1ccc(Nc2ccccc2)cc1. The molecule has 0 heterocycles. The van der Waals surface area contributed by atoms with Crippen molar-refractivity contribution in [3.63, 3.8) is 0 Å². The van der Waals surface area contributed by atoms with Crippen LogP contribution in [0.5, 0.6) is 5.75 Å². The zero-order valence-corrected chi connectivity index (χ0v) is 14.1. The van der Waals surface area contributed by atoms with Crippen LogP contribution >= 0.6 is 23.2 Å². The first kappa shape index (κ1) is 16.4. The van der Waals surface area contributed by atoms with Crippen LogP contribution in [-0.2, 0) is 0 Å². The van der Waals surface area contributed by atoms with Crippen LogP contribution in [0.4, 0.5) is 17.1 Å². The van der Waals surface area contributed by atoms with E-state index < -0.39 is 0 Å². The highest BCUT2D eigenvalue weighted by Crippen LogP contribution is 2.30. The van der Waals surface area contributed by atoms with Gasteiger partial charge in [0.05, 0.1) is 10.7 Å². The molecule has 24 heavy (non-hydrogen) atoms. The topological polar surface area (TPSA) is 44.6 Å². The second-order valence-corrected chi connectivity index (χ2v) is 5.97. The molecule has 3 rings (SSSR count). The summed E-state index contributed by atoms with van der Waals surface area (Å²) in [6, 6.07) is 20.6. The van der Waals surface area contributed by atoms with Crippen molar-refractivity contribution in [3.8, 4) is 5.75 Å². The van der Waals surface area contributed by atoms with Crippen molar-refractivity contribution < 1.29 is 5.11 Å². The van der Waals surface area contributed by atoms with Crippen LogP contribution < -0.4 is 5.32 Å². The number of nitrogens with zero attached hydrogens (tertiary/aromatic N) is 1. The monoisotopic (exact) mass is 356 g/mol. The molecule has 0 saturated heterocycles. The molecule has 0 saturated carbocycles. The van der Waals surface area contributed by atoms with Gasteiger partial charge in [0, 0.05) is 28.2 Å². The molecule has 0 aliphatic rings. The number of phenolic OH excluding ortho intramolecular Hbond substituents is 1. The molecule has 0 fully saturated rings. The van der Waals surface area contributed by atoms with Crippen molar-refractivity contribution in [3.05, 3.63) is 82.3 Å². The minimum Gasteiger partial charge on any atom is -0.506 e. The summed E-state index contributed by atoms with van der Waals surface area (Å²) < 4.78 is 0. The average Bonchev–Trinajstić information content (AvgIpc) is 2.59. The zero-order valence-electron chi connectivity index (χ0n) is 12.6. The van der Waals surface area contributed by atoms with E-state index in [9.17, 15) is 5.11 Å². The van der Waals surface area contributed by atoms with Crippen LogP contribution in [0.3, 0.4) is 0 Å². The first-order chi connectivity index (χ1) is 11.6. The van der Waals surface area contributed by atoms with Crippen molar-refractivity contribution >= 4 is 46.5 Å². The summed E-state index contributed by atoms with van der Waals surface area (Å²) >= 11 is 11.8. The molecule has 0 bridgehead atoms. The van der Waals surface area contributed by atoms with Gasteiger partial charge < -0.3 is 10.4 Å². The first-order valence-electron chi connectivity index (χ1n) is 7.26. The lowest BCUT2D eigenvalue weighted by molar-refractivity contribution is 0.475. The molecule has 0 aliphatic carbocycles. The van der Waals surface area contributed by atoms with Gasteiger partial charge in [0.15, 0.2) is 0 Å². The Balaban J connectivity index is 1.75. The number of benzene rings is 3. The largest absolute Gasteiger partial charge is 0.506 e. The Kier molecular flexibility index (Phi) is 5.04. The summed E-state index contributed by atoms with van der Waals surface area (Å²) in [6.45, 7) is 0. The molecule has 0 spiro atoms. The molecule has 0 unspecified atom stereocenters. The number of hydrogen-bond acceptors (Lipinski definition) is 3. The molecule has 120 valence electrons. The van der Waals surface area contributed by atoms with Crippen molar-refractivity contribution in [2.75, 3.05) is 5.32 Å². The van der Waals surface area contributed by atoms with E-state index in [-0.39, 0.29) is 10.8 Å². The van der Waals surface area contributed by atoms with E-state index in [1.807, 2.05) is 54.6 Å². The van der Waals surface area contributed by atoms with E-state index in [2.05, 4.69) is 10.3 Å². The lowest BCUT2D eigenvalue weighted by Crippen LogP contribution is -1.88. The lowest BCUT2D eigenvalue weighted by atomic mass is 10.2. The Hall–Kier alpha value is -2.49. The standard InChI is InChI=1S/C19H14Cl2N2O/c20-14-10-13(19(24)18(21)11-14)12-22-15-6-8-17(9-7-15)23-16-4-2-1-3-5-16/h1-12,23-24H. The maximum absolute atomic E-state index is 9.92. The van der Waals surface area contributed by atoms with Crippen molar-refractivity contribution in [1.29, 1.82) is 0 Å². The predicted octanol–water partition coefficient (Wildman–Crippen LogP) is 6.19. The van der Waals surface area contributed by atoms with Crippen molar-refractivity contribution in [2.24, 2.45) is 4.99 Å². The summed E-state index contributed by atoms with van der Waals surface area (Å²) in [4.78, 5) is 4.34. The molecule has 0 atom stereocenters. The predicted molar refractivity (Wildman–Crippen MR) is 102 cm³/mol. The Labute approximate surface area is 150 Å². The fourth-order valence-corrected chi connectivity index (χ4v) is 2.66. The number of halogens is 2. The van der Waals surface area contributed by atoms with Gasteiger partial charge in [0.25, 0.3) is 0 Å². The second kappa shape index (κ2) is 7.39. The van der Waals surface area contributed by atoms with E-state index in [4.69, 9.17) is 23.2 Å². The van der Waals surface area contributed by atoms with Gasteiger partial charge in [-0.3, -0.25) is 4.99 Å². The quantitative estimate of drug-likeness (QED) is 0.547. The molecular weight excluding hydrogens is 343 g/mol. The Morgan fingerprint density at radius 1 is 0.875 bits per heavy atom. The lowest BCUT2D eigenvalue weighted by Gasteiger charge is -2.06. The van der Waals surface area contributed by atoms with E-state index in [0.717, 1.165) is 17.1 Å². The number of aromatic hydroxyl groups is 1. The third-order valence-corrected chi connectivity index (χ3v) is 3.85. The molecule has 5 heteroatoms. The highest BCUT2D eigenvalue weighted by molar-refractivity contribution is 6.36. The molecular formula is C19H14Cl2N2O. The van der Waals surface area contributed by atoms with Crippen LogP contribution in [0.1, 0.15) is 5.56 Å². The number of nitrogens with one attached hydrogen (secondary N) is 1. The molecule has 0 amide bonds. The smallest absolute Gasteiger partial charge is 0.143 e. The van der Waals surface area contributed by atoms with E-state index in [1.54, 1.807) is 6.07 Å². The highest BCUT2D eigenvalue weighted by Gasteiger charge is 2.05. The van der Waals surface area contributed by atoms with Gasteiger partial charge in [-0.05, 0) is 48.5 Å². The number of rotatable bonds is 4. The summed E-state index contributed by atoms with van der Waals surface area (Å²) in [5.41, 5.74) is 3.21. The normalized spacial score (nSPS) is 10.9. The van der Waals surface area contributed by atoms with Crippen LogP contribution in [0.2, 0.25) is 10.0 Å². The molecule has 0 radical (unpaired) electrons. The highest BCUT2D eigenvalue weighted by atomic mass is 35.5. The number of anilines is 2. The Morgan fingerprint density at radius 3 is 2.25 bits per heavy atom. The molecule has 2 N–H and O–H groups in total. The van der Waals surface area contributed by atoms with E-state index in [1.165, 1.54) is 12.3 Å². The van der Waals surface area contributed by atoms with Crippen molar-refractivity contribution in [2.45, 2.75) is 0 Å². The van der Waals surface area contributed by atoms with E-state index in [0.29, 0.717) is 10.6 Å². The number of para-hydroxylation sites is 1. The van der Waals surface area contributed by atoms with Crippen LogP contribution in [0, 0.1) is 0 Å². The fraction of sp³-hybridized carbons (Fsp3) is 0. The minimum atomic E-state index is -0.0350. The van der Waals surface area contributed by atoms with Gasteiger partial charge in [-0.2, -0.15) is 0 Å². The summed E-state index contributed by atoms with van der Waals surface area (Å²) in [5, 5.41) is 13.9. The minimum absolute atomic E-state index is 0.0350. The molecule has 3 aromatic carbocycles. The number of aliphatic imine (C=N–C) groups is 1. The maximum atomic E-state index is 9.92. The summed E-state index contributed by atoms with van der Waals surface area (Å²) in [7, 11) is 0. The second-order valence-electron chi connectivity index (χ2n) is 5.12. The fourth-order valence-electron chi connectivity index (χ4n) is 2.15. The molecule has 3 nitrogen and oxygen atoms in total. The average molecular weight is 357 g/mol. The van der Waals surface area contributed by atoms with Gasteiger partial charge in [-0.1, -0.05) is 41.4 Å². The number of hydrogen-bond donors (Lipinski definition) is 2. The molecule has 3 aromatic rings. The van der Waals surface area contributed by atoms with Crippen LogP contribution in [0.25, 0.3) is 0 Å². The van der Waals surface area contributed by atoms with Crippen LogP contribution in [0.15, 0.2) is 71.7 Å². The van der Waals surface area contributed by atoms with Crippen LogP contribution in [-0.4, -0.2) is 11.3 Å². The third-order valence-electron chi connectivity index (χ3n) is 3.34. The number of phenols is 1. The zero-order chi connectivity index (χ0) is 16.9. The van der Waals surface area contributed by atoms with Gasteiger partial charge in [-0.15, -0.1) is 0 Å². The van der Waals surface area contributed by atoms with Gasteiger partial charge in [-0.25, -0.2) is 0 Å². The van der Waals surface area contributed by atoms with Gasteiger partial charge in [0.2, 0.25) is 0 Å². The summed E-state index contributed by atoms with van der Waals surface area (Å²) in [6.07, 6.45) is 1.53. The van der Waals surface area contributed by atoms with Gasteiger partial charge >= 0.3 is 0 Å². The van der Waals surface area contributed by atoms with Crippen molar-refractivity contribution in [1.82, 2.24) is 0 Å². The molecule has 0 aromatic heterocycles. The Morgan fingerprint density at radius 2 is 1.54 bits per heavy atom. The maximum Gasteiger partial charge on any atom is 0.143 e. The van der Waals surface area contributed by atoms with E-state index >= 15 is 0 Å². The third kappa shape index (κ3) is 4.07. The molecule has 0 aliphatic heterocycles. The Bertz CT molecular complexity index is 863. The van der Waals surface area contributed by atoms with Gasteiger partial charge in [0.1, 0.15) is 5.75 Å². The first-order valence-corrected chi connectivity index (χ1v) is 8.01. The summed E-state index contributed by atoms with van der Waals surface area (Å²) in [5.74, 6) is -0.0350.